The van der Waals surface area contributed by atoms with E-state index < -0.39 is 0 Å². The molecule has 13 heavy (non-hydrogen) atoms. The summed E-state index contributed by atoms with van der Waals surface area (Å²) in [6.45, 7) is 0.886. The van der Waals surface area contributed by atoms with Gasteiger partial charge < -0.3 is 4.74 Å². The molecule has 0 saturated carbocycles. The van der Waals surface area contributed by atoms with Crippen molar-refractivity contribution in [3.63, 3.8) is 0 Å². The average molecular weight is 202 g/mol. The summed E-state index contributed by atoms with van der Waals surface area (Å²) < 4.78 is 13.7. The third-order valence-electron chi connectivity index (χ3n) is 1.82. The van der Waals surface area contributed by atoms with Gasteiger partial charge in [0.1, 0.15) is 5.75 Å². The average Bonchev–Trinajstić information content (AvgIpc) is 2.21. The molecule has 0 N–H and O–H groups in total. The molecule has 2 rings (SSSR count). The van der Waals surface area contributed by atoms with Crippen LogP contribution in [0.25, 0.3) is 0 Å². The first-order chi connectivity index (χ1) is 5.97. The molecule has 1 heterocycles. The first-order valence-corrected chi connectivity index (χ1v) is 4.54. The number of rotatable bonds is 0. The van der Waals surface area contributed by atoms with E-state index in [0.717, 1.165) is 18.8 Å². The molecule has 1 aliphatic heterocycles. The van der Waals surface area contributed by atoms with Gasteiger partial charge in [0, 0.05) is 0 Å². The Hall–Kier alpha value is 0.352. The minimum absolute atomic E-state index is 0. The molecule has 0 fully saturated rings. The zero-order valence-electron chi connectivity index (χ0n) is 6.95. The van der Waals surface area contributed by atoms with Crippen molar-refractivity contribution in [2.45, 2.75) is 12.8 Å². The first kappa shape index (κ1) is 13.4. The first-order valence-electron chi connectivity index (χ1n) is 3.96. The van der Waals surface area contributed by atoms with Crippen molar-refractivity contribution in [1.29, 1.82) is 0 Å². The van der Waals surface area contributed by atoms with Crippen LogP contribution in [0.4, 0.5) is 0 Å². The molecular weight excluding hydrogens is 190 g/mol. The van der Waals surface area contributed by atoms with Gasteiger partial charge in [-0.05, 0) is 24.5 Å². The second-order valence-corrected chi connectivity index (χ2v) is 2.56. The molecular formula is C9H12AlNaO2. The second-order valence-electron chi connectivity index (χ2n) is 2.56. The number of fused-ring (bicyclic) bond motifs is 1. The summed E-state index contributed by atoms with van der Waals surface area (Å²) in [7, 11) is 0. The van der Waals surface area contributed by atoms with E-state index in [9.17, 15) is 0 Å². The fraction of sp³-hybridized carbons (Fsp3) is 0.333. The molecule has 0 aromatic heterocycles. The summed E-state index contributed by atoms with van der Waals surface area (Å²) in [5.74, 6) is 1.08. The van der Waals surface area contributed by atoms with Gasteiger partial charge in [-0.25, -0.2) is 0 Å². The van der Waals surface area contributed by atoms with Crippen LogP contribution in [0.2, 0.25) is 0 Å². The van der Waals surface area contributed by atoms with Crippen molar-refractivity contribution >= 4 is 45.8 Å². The molecule has 1 aromatic rings. The van der Waals surface area contributed by atoms with Crippen LogP contribution in [0.15, 0.2) is 24.3 Å². The van der Waals surface area contributed by atoms with Gasteiger partial charge in [0.2, 0.25) is 0 Å². The molecule has 0 saturated heterocycles. The van der Waals surface area contributed by atoms with Crippen molar-refractivity contribution < 1.29 is 8.54 Å². The van der Waals surface area contributed by atoms with Gasteiger partial charge in [-0.15, -0.1) is 0 Å². The van der Waals surface area contributed by atoms with Crippen molar-refractivity contribution in [3.8, 4) is 5.75 Å². The zero-order valence-corrected chi connectivity index (χ0v) is 8.37. The predicted molar refractivity (Wildman–Crippen MR) is 55.2 cm³/mol. The van der Waals surface area contributed by atoms with E-state index in [1.165, 1.54) is 12.0 Å². The van der Waals surface area contributed by atoms with Crippen LogP contribution in [0, 0.1) is 0 Å². The van der Waals surface area contributed by atoms with E-state index in [2.05, 4.69) is 12.1 Å². The van der Waals surface area contributed by atoms with Crippen molar-refractivity contribution in [2.75, 3.05) is 6.61 Å². The van der Waals surface area contributed by atoms with Gasteiger partial charge in [-0.3, -0.25) is 0 Å². The summed E-state index contributed by atoms with van der Waals surface area (Å²) in [5.41, 5.74) is 1.36. The Morgan fingerprint density at radius 2 is 1.92 bits per heavy atom. The van der Waals surface area contributed by atoms with Gasteiger partial charge in [0.25, 0.3) is 0 Å². The number of hydrogen-bond donors (Lipinski definition) is 0. The minimum Gasteiger partial charge on any atom is -0.493 e. The Kier molecular flexibility index (Phi) is 7.94. The third kappa shape index (κ3) is 3.93. The van der Waals surface area contributed by atoms with Gasteiger partial charge in [-0.2, -0.15) is 0 Å². The molecule has 0 atom stereocenters. The SMILES string of the molecule is [NaH].[O]=[AlH].c1ccc2c(c1)CCCO2. The third-order valence-corrected chi connectivity index (χ3v) is 1.82. The molecule has 4 heteroatoms. The van der Waals surface area contributed by atoms with Gasteiger partial charge in [-0.1, -0.05) is 18.2 Å². The van der Waals surface area contributed by atoms with Crippen LogP contribution in [0.5, 0.6) is 5.75 Å². The van der Waals surface area contributed by atoms with Crippen LogP contribution < -0.4 is 4.74 Å². The molecule has 1 aliphatic rings. The number of aryl methyl sites for hydroxylation is 1. The Bertz CT molecular complexity index is 230. The second kappa shape index (κ2) is 7.73. The van der Waals surface area contributed by atoms with Gasteiger partial charge in [0.05, 0.1) is 6.61 Å². The summed E-state index contributed by atoms with van der Waals surface area (Å²) in [6, 6.07) is 8.25. The molecule has 0 amide bonds. The van der Waals surface area contributed by atoms with Crippen molar-refractivity contribution in [2.24, 2.45) is 0 Å². The Balaban J connectivity index is 0.000000451. The van der Waals surface area contributed by atoms with E-state index in [1.54, 1.807) is 0 Å². The largest absolute Gasteiger partial charge is 0.493 e. The monoisotopic (exact) mass is 202 g/mol. The molecule has 1 aromatic carbocycles. The molecule has 2 nitrogen and oxygen atoms in total. The Labute approximate surface area is 109 Å². The van der Waals surface area contributed by atoms with Crippen LogP contribution in [0.1, 0.15) is 12.0 Å². The van der Waals surface area contributed by atoms with E-state index in [4.69, 9.17) is 8.54 Å². The number of hydrogen-bond acceptors (Lipinski definition) is 2. The Morgan fingerprint density at radius 3 is 2.62 bits per heavy atom. The molecule has 0 bridgehead atoms. The summed E-state index contributed by atoms with van der Waals surface area (Å²) in [4.78, 5) is 0. The maximum absolute atomic E-state index is 8.28. The fourth-order valence-corrected chi connectivity index (χ4v) is 1.30. The predicted octanol–water partition coefficient (Wildman–Crippen LogP) is 0.596. The molecule has 0 radical (unpaired) electrons. The maximum atomic E-state index is 8.28. The van der Waals surface area contributed by atoms with E-state index in [1.807, 2.05) is 12.1 Å². The van der Waals surface area contributed by atoms with E-state index in [-0.39, 0.29) is 29.6 Å². The maximum Gasteiger partial charge on any atom is 0.122 e. The number of para-hydroxylation sites is 1. The Morgan fingerprint density at radius 1 is 1.23 bits per heavy atom. The summed E-state index contributed by atoms with van der Waals surface area (Å²) in [6.07, 6.45) is 2.34. The normalized spacial score (nSPS) is 12.2. The molecule has 0 aliphatic carbocycles. The van der Waals surface area contributed by atoms with Crippen molar-refractivity contribution in [1.82, 2.24) is 0 Å². The fourth-order valence-electron chi connectivity index (χ4n) is 1.30. The molecule has 0 spiro atoms. The van der Waals surface area contributed by atoms with Gasteiger partial charge >= 0.3 is 49.6 Å². The number of ether oxygens (including phenoxy) is 1. The van der Waals surface area contributed by atoms with Crippen LogP contribution >= 0.6 is 0 Å². The van der Waals surface area contributed by atoms with Crippen LogP contribution in [-0.4, -0.2) is 52.4 Å². The summed E-state index contributed by atoms with van der Waals surface area (Å²) >= 11 is 0.611. The van der Waals surface area contributed by atoms with E-state index >= 15 is 0 Å². The van der Waals surface area contributed by atoms with Gasteiger partial charge in [0.15, 0.2) is 0 Å². The van der Waals surface area contributed by atoms with Crippen LogP contribution in [0.3, 0.4) is 0 Å². The van der Waals surface area contributed by atoms with E-state index in [0.29, 0.717) is 16.2 Å². The topological polar surface area (TPSA) is 26.3 Å². The smallest absolute Gasteiger partial charge is 0.122 e. The van der Waals surface area contributed by atoms with Crippen LogP contribution in [-0.2, 0) is 10.2 Å². The minimum atomic E-state index is 0. The van der Waals surface area contributed by atoms with Crippen molar-refractivity contribution in [3.05, 3.63) is 29.8 Å². The quantitative estimate of drug-likeness (QED) is 0.576. The summed E-state index contributed by atoms with van der Waals surface area (Å²) in [5, 5.41) is 0. The standard InChI is InChI=1S/C9H10O.Al.Na.O.2H/c1-2-6-9-8(4-1)5-3-7-10-9;;;;;/h1-2,4,6H,3,5,7H2;;;;;. The molecule has 0 unspecified atom stereocenters. The molecule has 64 valence electrons. The number of benzene rings is 1. The zero-order chi connectivity index (χ0) is 8.81.